The van der Waals surface area contributed by atoms with E-state index in [2.05, 4.69) is 5.32 Å². The summed E-state index contributed by atoms with van der Waals surface area (Å²) in [6.07, 6.45) is 0. The van der Waals surface area contributed by atoms with Crippen molar-refractivity contribution in [1.82, 2.24) is 5.32 Å². The van der Waals surface area contributed by atoms with Gasteiger partial charge in [0.2, 0.25) is 0 Å². The van der Waals surface area contributed by atoms with E-state index in [1.54, 1.807) is 6.92 Å². The second-order valence-corrected chi connectivity index (χ2v) is 4.28. The first-order valence-corrected chi connectivity index (χ1v) is 5.75. The van der Waals surface area contributed by atoms with Gasteiger partial charge in [0.25, 0.3) is 0 Å². The van der Waals surface area contributed by atoms with Crippen molar-refractivity contribution in [3.8, 4) is 0 Å². The van der Waals surface area contributed by atoms with E-state index in [0.717, 1.165) is 11.1 Å². The van der Waals surface area contributed by atoms with Crippen molar-refractivity contribution in [1.29, 1.82) is 0 Å². The van der Waals surface area contributed by atoms with Crippen molar-refractivity contribution in [3.63, 3.8) is 0 Å². The molecule has 0 radical (unpaired) electrons. The minimum absolute atomic E-state index is 0.642. The number of hydrogen-bond donors (Lipinski definition) is 2. The van der Waals surface area contributed by atoms with Gasteiger partial charge in [0.1, 0.15) is 5.72 Å². The summed E-state index contributed by atoms with van der Waals surface area (Å²) >= 11 is 0. The number of aliphatic hydroxyl groups is 1. The minimum atomic E-state index is -1.00. The SMILES string of the molecule is C[C@](O)(NCc1ccccc1)c1ccccc1. The van der Waals surface area contributed by atoms with Crippen LogP contribution in [0.25, 0.3) is 0 Å². The van der Waals surface area contributed by atoms with Gasteiger partial charge in [0, 0.05) is 6.54 Å². The molecule has 0 unspecified atom stereocenters. The molecule has 0 aromatic heterocycles. The minimum Gasteiger partial charge on any atom is -0.372 e. The Hall–Kier alpha value is -1.64. The molecule has 2 nitrogen and oxygen atoms in total. The fraction of sp³-hybridized carbons (Fsp3) is 0.200. The Bertz CT molecular complexity index is 451. The normalized spacial score (nSPS) is 14.2. The van der Waals surface area contributed by atoms with Gasteiger partial charge in [-0.3, -0.25) is 5.32 Å². The van der Waals surface area contributed by atoms with Crippen LogP contribution in [0.1, 0.15) is 18.1 Å². The molecule has 0 saturated heterocycles. The number of hydrogen-bond acceptors (Lipinski definition) is 2. The standard InChI is InChI=1S/C15H17NO/c1-15(17,14-10-6-3-7-11-14)16-12-13-8-4-2-5-9-13/h2-11,16-17H,12H2,1H3/t15-/m1/s1. The van der Waals surface area contributed by atoms with Crippen LogP contribution in [0.2, 0.25) is 0 Å². The number of rotatable bonds is 4. The summed E-state index contributed by atoms with van der Waals surface area (Å²) in [6.45, 7) is 2.41. The summed E-state index contributed by atoms with van der Waals surface area (Å²) in [7, 11) is 0. The van der Waals surface area contributed by atoms with Crippen molar-refractivity contribution >= 4 is 0 Å². The topological polar surface area (TPSA) is 32.3 Å². The first kappa shape index (κ1) is 11.8. The van der Waals surface area contributed by atoms with E-state index < -0.39 is 5.72 Å². The van der Waals surface area contributed by atoms with E-state index in [9.17, 15) is 5.11 Å². The van der Waals surface area contributed by atoms with Crippen LogP contribution >= 0.6 is 0 Å². The van der Waals surface area contributed by atoms with Crippen LogP contribution in [0.3, 0.4) is 0 Å². The lowest BCUT2D eigenvalue weighted by Gasteiger charge is -2.25. The van der Waals surface area contributed by atoms with E-state index in [0.29, 0.717) is 6.54 Å². The Morgan fingerprint density at radius 3 is 2.06 bits per heavy atom. The third-order valence-corrected chi connectivity index (χ3v) is 2.82. The summed E-state index contributed by atoms with van der Waals surface area (Å²) in [5.41, 5.74) is 1.02. The molecule has 0 amide bonds. The van der Waals surface area contributed by atoms with Crippen molar-refractivity contribution in [2.45, 2.75) is 19.2 Å². The van der Waals surface area contributed by atoms with Gasteiger partial charge >= 0.3 is 0 Å². The molecular weight excluding hydrogens is 210 g/mol. The van der Waals surface area contributed by atoms with Gasteiger partial charge in [0.15, 0.2) is 0 Å². The Morgan fingerprint density at radius 1 is 0.941 bits per heavy atom. The van der Waals surface area contributed by atoms with Crippen molar-refractivity contribution in [2.75, 3.05) is 0 Å². The first-order valence-electron chi connectivity index (χ1n) is 5.75. The Labute approximate surface area is 102 Å². The maximum atomic E-state index is 10.3. The van der Waals surface area contributed by atoms with E-state index in [-0.39, 0.29) is 0 Å². The Balaban J connectivity index is 2.03. The van der Waals surface area contributed by atoms with Gasteiger partial charge in [0.05, 0.1) is 0 Å². The highest BCUT2D eigenvalue weighted by atomic mass is 16.3. The van der Waals surface area contributed by atoms with Crippen molar-refractivity contribution in [3.05, 3.63) is 71.8 Å². The monoisotopic (exact) mass is 227 g/mol. The van der Waals surface area contributed by atoms with E-state index in [1.807, 2.05) is 60.7 Å². The molecule has 2 aromatic rings. The predicted octanol–water partition coefficient (Wildman–Crippen LogP) is 2.64. The molecule has 0 fully saturated rings. The smallest absolute Gasteiger partial charge is 0.139 e. The third kappa shape index (κ3) is 3.16. The molecule has 0 saturated carbocycles. The zero-order valence-electron chi connectivity index (χ0n) is 9.93. The first-order chi connectivity index (χ1) is 8.18. The molecular formula is C15H17NO. The maximum Gasteiger partial charge on any atom is 0.139 e. The van der Waals surface area contributed by atoms with Crippen molar-refractivity contribution in [2.24, 2.45) is 0 Å². The number of benzene rings is 2. The molecule has 2 rings (SSSR count). The molecule has 2 N–H and O–H groups in total. The van der Waals surface area contributed by atoms with E-state index in [4.69, 9.17) is 0 Å². The predicted molar refractivity (Wildman–Crippen MR) is 69.3 cm³/mol. The van der Waals surface area contributed by atoms with E-state index in [1.165, 1.54) is 0 Å². The van der Waals surface area contributed by atoms with Crippen LogP contribution in [0, 0.1) is 0 Å². The van der Waals surface area contributed by atoms with Crippen LogP contribution in [0.5, 0.6) is 0 Å². The molecule has 0 heterocycles. The summed E-state index contributed by atoms with van der Waals surface area (Å²) in [4.78, 5) is 0. The fourth-order valence-corrected chi connectivity index (χ4v) is 1.73. The molecule has 2 heteroatoms. The van der Waals surface area contributed by atoms with Crippen LogP contribution < -0.4 is 5.32 Å². The molecule has 0 bridgehead atoms. The van der Waals surface area contributed by atoms with E-state index >= 15 is 0 Å². The molecule has 0 aliphatic carbocycles. The summed E-state index contributed by atoms with van der Waals surface area (Å²) in [6, 6.07) is 19.7. The van der Waals surface area contributed by atoms with Gasteiger partial charge in [-0.2, -0.15) is 0 Å². The van der Waals surface area contributed by atoms with Crippen LogP contribution in [0.4, 0.5) is 0 Å². The molecule has 0 spiro atoms. The van der Waals surface area contributed by atoms with Gasteiger partial charge < -0.3 is 5.11 Å². The summed E-state index contributed by atoms with van der Waals surface area (Å²) < 4.78 is 0. The Kier molecular flexibility index (Phi) is 3.57. The molecule has 17 heavy (non-hydrogen) atoms. The molecule has 2 aromatic carbocycles. The highest BCUT2D eigenvalue weighted by Crippen LogP contribution is 2.17. The van der Waals surface area contributed by atoms with Crippen LogP contribution in [0.15, 0.2) is 60.7 Å². The highest BCUT2D eigenvalue weighted by Gasteiger charge is 2.21. The fourth-order valence-electron chi connectivity index (χ4n) is 1.73. The Morgan fingerprint density at radius 2 is 1.47 bits per heavy atom. The second kappa shape index (κ2) is 5.13. The van der Waals surface area contributed by atoms with Crippen LogP contribution in [-0.4, -0.2) is 5.11 Å². The lowest BCUT2D eigenvalue weighted by atomic mass is 10.0. The molecule has 0 aliphatic rings. The highest BCUT2D eigenvalue weighted by molar-refractivity contribution is 5.21. The quantitative estimate of drug-likeness (QED) is 0.787. The van der Waals surface area contributed by atoms with Gasteiger partial charge in [-0.1, -0.05) is 60.7 Å². The molecule has 0 aliphatic heterocycles. The average Bonchev–Trinajstić information content (AvgIpc) is 2.39. The van der Waals surface area contributed by atoms with Gasteiger partial charge in [-0.05, 0) is 18.1 Å². The zero-order chi connectivity index (χ0) is 12.1. The van der Waals surface area contributed by atoms with Crippen molar-refractivity contribution < 1.29 is 5.11 Å². The van der Waals surface area contributed by atoms with Gasteiger partial charge in [-0.15, -0.1) is 0 Å². The lowest BCUT2D eigenvalue weighted by molar-refractivity contribution is 0.0178. The summed E-state index contributed by atoms with van der Waals surface area (Å²) in [5, 5.41) is 13.5. The molecule has 1 atom stereocenters. The second-order valence-electron chi connectivity index (χ2n) is 4.28. The van der Waals surface area contributed by atoms with Gasteiger partial charge in [-0.25, -0.2) is 0 Å². The summed E-state index contributed by atoms with van der Waals surface area (Å²) in [5.74, 6) is 0. The largest absolute Gasteiger partial charge is 0.372 e. The lowest BCUT2D eigenvalue weighted by Crippen LogP contribution is -2.38. The zero-order valence-corrected chi connectivity index (χ0v) is 9.93. The van der Waals surface area contributed by atoms with Crippen LogP contribution in [-0.2, 0) is 12.3 Å². The average molecular weight is 227 g/mol. The third-order valence-electron chi connectivity index (χ3n) is 2.82. The maximum absolute atomic E-state index is 10.3. The molecule has 88 valence electrons. The number of nitrogens with one attached hydrogen (secondary N) is 1.